The number of nitrogens with zero attached hydrogens (tertiary/aromatic N) is 1. The van der Waals surface area contributed by atoms with E-state index in [9.17, 15) is 18.5 Å². The number of nitrogens with one attached hydrogen (secondary N) is 1. The lowest BCUT2D eigenvalue weighted by Gasteiger charge is -2.20. The van der Waals surface area contributed by atoms with Gasteiger partial charge in [0.1, 0.15) is 0 Å². The van der Waals surface area contributed by atoms with Crippen LogP contribution in [0.25, 0.3) is 0 Å². The SMILES string of the molecule is Cc1cc([N+](=O)[O-])ccc1S(=O)(=O)NC1CCCC1CN.Cl. The average molecular weight is 350 g/mol. The number of benzene rings is 1. The molecule has 1 aliphatic rings. The molecule has 2 unspecified atom stereocenters. The first-order valence-corrected chi connectivity index (χ1v) is 8.31. The molecule has 1 aliphatic carbocycles. The number of nitro groups is 1. The van der Waals surface area contributed by atoms with E-state index in [-0.39, 0.29) is 34.9 Å². The van der Waals surface area contributed by atoms with Crippen molar-refractivity contribution >= 4 is 28.1 Å². The zero-order valence-electron chi connectivity index (χ0n) is 12.2. The highest BCUT2D eigenvalue weighted by Gasteiger charge is 2.31. The zero-order valence-corrected chi connectivity index (χ0v) is 13.8. The molecule has 0 radical (unpaired) electrons. The third kappa shape index (κ3) is 3.95. The minimum absolute atomic E-state index is 0. The van der Waals surface area contributed by atoms with Crippen molar-refractivity contribution < 1.29 is 13.3 Å². The van der Waals surface area contributed by atoms with Gasteiger partial charge < -0.3 is 5.73 Å². The van der Waals surface area contributed by atoms with Crippen LogP contribution in [0.4, 0.5) is 5.69 Å². The van der Waals surface area contributed by atoms with Gasteiger partial charge in [0.15, 0.2) is 0 Å². The molecule has 1 saturated carbocycles. The summed E-state index contributed by atoms with van der Waals surface area (Å²) in [5.74, 6) is 0.151. The Balaban J connectivity index is 0.00000242. The Morgan fingerprint density at radius 2 is 2.09 bits per heavy atom. The molecule has 0 heterocycles. The maximum absolute atomic E-state index is 12.4. The quantitative estimate of drug-likeness (QED) is 0.620. The highest BCUT2D eigenvalue weighted by molar-refractivity contribution is 7.89. The minimum Gasteiger partial charge on any atom is -0.330 e. The van der Waals surface area contributed by atoms with Crippen molar-refractivity contribution in [2.45, 2.75) is 37.1 Å². The first kappa shape index (κ1) is 18.8. The Hall–Kier alpha value is -1.22. The minimum atomic E-state index is -3.69. The number of halogens is 1. The van der Waals surface area contributed by atoms with Crippen LogP contribution in [0.3, 0.4) is 0 Å². The molecule has 2 rings (SSSR count). The van der Waals surface area contributed by atoms with Crippen LogP contribution in [0.15, 0.2) is 23.1 Å². The lowest BCUT2D eigenvalue weighted by Crippen LogP contribution is -2.40. The molecule has 9 heteroatoms. The summed E-state index contributed by atoms with van der Waals surface area (Å²) in [5, 5.41) is 10.7. The van der Waals surface area contributed by atoms with E-state index in [0.717, 1.165) is 19.3 Å². The summed E-state index contributed by atoms with van der Waals surface area (Å²) in [5.41, 5.74) is 5.90. The molecule has 22 heavy (non-hydrogen) atoms. The molecule has 7 nitrogen and oxygen atoms in total. The molecule has 0 bridgehead atoms. The van der Waals surface area contributed by atoms with E-state index in [1.54, 1.807) is 6.92 Å². The van der Waals surface area contributed by atoms with E-state index in [0.29, 0.717) is 12.1 Å². The summed E-state index contributed by atoms with van der Waals surface area (Å²) in [6.45, 7) is 2.00. The summed E-state index contributed by atoms with van der Waals surface area (Å²) in [7, 11) is -3.69. The Labute approximate surface area is 135 Å². The third-order valence-corrected chi connectivity index (χ3v) is 5.58. The van der Waals surface area contributed by atoms with Crippen molar-refractivity contribution in [3.63, 3.8) is 0 Å². The third-order valence-electron chi connectivity index (χ3n) is 3.93. The molecule has 0 saturated heterocycles. The number of nitro benzene ring substituents is 1. The smallest absolute Gasteiger partial charge is 0.269 e. The van der Waals surface area contributed by atoms with Crippen molar-refractivity contribution in [1.82, 2.24) is 4.72 Å². The van der Waals surface area contributed by atoms with Crippen molar-refractivity contribution in [2.24, 2.45) is 11.7 Å². The molecule has 2 atom stereocenters. The largest absolute Gasteiger partial charge is 0.330 e. The van der Waals surface area contributed by atoms with Gasteiger partial charge in [-0.05, 0) is 43.9 Å². The van der Waals surface area contributed by atoms with E-state index in [2.05, 4.69) is 4.72 Å². The van der Waals surface area contributed by atoms with Gasteiger partial charge in [0, 0.05) is 18.2 Å². The summed E-state index contributed by atoms with van der Waals surface area (Å²) < 4.78 is 27.5. The monoisotopic (exact) mass is 349 g/mol. The maximum atomic E-state index is 12.4. The fourth-order valence-electron chi connectivity index (χ4n) is 2.79. The van der Waals surface area contributed by atoms with Gasteiger partial charge in [-0.3, -0.25) is 10.1 Å². The van der Waals surface area contributed by atoms with E-state index < -0.39 is 14.9 Å². The molecule has 1 fully saturated rings. The Morgan fingerprint density at radius 3 is 2.64 bits per heavy atom. The molecule has 0 aliphatic heterocycles. The molecule has 1 aromatic carbocycles. The fourth-order valence-corrected chi connectivity index (χ4v) is 4.35. The number of aryl methyl sites for hydroxylation is 1. The molecule has 124 valence electrons. The molecule has 0 aromatic heterocycles. The average Bonchev–Trinajstić information content (AvgIpc) is 2.84. The Morgan fingerprint density at radius 1 is 1.41 bits per heavy atom. The first-order chi connectivity index (χ1) is 9.85. The second-order valence-electron chi connectivity index (χ2n) is 5.36. The normalized spacial score (nSPS) is 21.4. The van der Waals surface area contributed by atoms with Crippen molar-refractivity contribution in [3.8, 4) is 0 Å². The van der Waals surface area contributed by atoms with Gasteiger partial charge in [-0.2, -0.15) is 0 Å². The summed E-state index contributed by atoms with van der Waals surface area (Å²) in [6, 6.07) is 3.59. The zero-order chi connectivity index (χ0) is 15.6. The van der Waals surface area contributed by atoms with Crippen LogP contribution in [-0.4, -0.2) is 25.9 Å². The molecular formula is C13H20ClN3O4S. The molecular weight excluding hydrogens is 330 g/mol. The lowest BCUT2D eigenvalue weighted by molar-refractivity contribution is -0.385. The van der Waals surface area contributed by atoms with Gasteiger partial charge >= 0.3 is 0 Å². The second kappa shape index (κ2) is 7.36. The first-order valence-electron chi connectivity index (χ1n) is 6.82. The van der Waals surface area contributed by atoms with E-state index in [1.807, 2.05) is 0 Å². The van der Waals surface area contributed by atoms with Gasteiger partial charge in [-0.15, -0.1) is 12.4 Å². The topological polar surface area (TPSA) is 115 Å². The number of hydrogen-bond acceptors (Lipinski definition) is 5. The van der Waals surface area contributed by atoms with Gasteiger partial charge in [0.2, 0.25) is 10.0 Å². The van der Waals surface area contributed by atoms with Crippen LogP contribution in [0.2, 0.25) is 0 Å². The standard InChI is InChI=1S/C13H19N3O4S.ClH/c1-9-7-11(16(17)18)5-6-13(9)21(19,20)15-12-4-2-3-10(12)8-14;/h5-7,10,12,15H,2-4,8,14H2,1H3;1H. The number of non-ortho nitro benzene ring substituents is 1. The van der Waals surface area contributed by atoms with Crippen molar-refractivity contribution in [1.29, 1.82) is 0 Å². The predicted molar refractivity (Wildman–Crippen MR) is 85.6 cm³/mol. The van der Waals surface area contributed by atoms with Crippen molar-refractivity contribution in [2.75, 3.05) is 6.54 Å². The van der Waals surface area contributed by atoms with Crippen LogP contribution in [-0.2, 0) is 10.0 Å². The molecule has 0 amide bonds. The Bertz CT molecular complexity index is 651. The van der Waals surface area contributed by atoms with E-state index in [1.165, 1.54) is 18.2 Å². The number of nitrogens with two attached hydrogens (primary N) is 1. The molecule has 0 spiro atoms. The maximum Gasteiger partial charge on any atom is 0.269 e. The summed E-state index contributed by atoms with van der Waals surface area (Å²) >= 11 is 0. The second-order valence-corrected chi connectivity index (χ2v) is 7.04. The van der Waals surface area contributed by atoms with Crippen LogP contribution in [0.5, 0.6) is 0 Å². The summed E-state index contributed by atoms with van der Waals surface area (Å²) in [6.07, 6.45) is 2.64. The molecule has 3 N–H and O–H groups in total. The van der Waals surface area contributed by atoms with Crippen LogP contribution >= 0.6 is 12.4 Å². The van der Waals surface area contributed by atoms with E-state index >= 15 is 0 Å². The predicted octanol–water partition coefficient (Wildman–Crippen LogP) is 1.73. The van der Waals surface area contributed by atoms with Gasteiger partial charge in [0.25, 0.3) is 5.69 Å². The number of hydrogen-bond donors (Lipinski definition) is 2. The van der Waals surface area contributed by atoms with Gasteiger partial charge in [-0.25, -0.2) is 13.1 Å². The van der Waals surface area contributed by atoms with Crippen LogP contribution < -0.4 is 10.5 Å². The fraction of sp³-hybridized carbons (Fsp3) is 0.538. The Kier molecular flexibility index (Phi) is 6.30. The summed E-state index contributed by atoms with van der Waals surface area (Å²) in [4.78, 5) is 10.2. The highest BCUT2D eigenvalue weighted by atomic mass is 35.5. The van der Waals surface area contributed by atoms with Crippen LogP contribution in [0, 0.1) is 23.0 Å². The van der Waals surface area contributed by atoms with Gasteiger partial charge in [-0.1, -0.05) is 6.42 Å². The van der Waals surface area contributed by atoms with Gasteiger partial charge in [0.05, 0.1) is 9.82 Å². The highest BCUT2D eigenvalue weighted by Crippen LogP contribution is 2.27. The number of sulfonamides is 1. The molecule has 1 aromatic rings. The van der Waals surface area contributed by atoms with E-state index in [4.69, 9.17) is 5.73 Å². The van der Waals surface area contributed by atoms with Crippen LogP contribution in [0.1, 0.15) is 24.8 Å². The van der Waals surface area contributed by atoms with Crippen molar-refractivity contribution in [3.05, 3.63) is 33.9 Å². The lowest BCUT2D eigenvalue weighted by atomic mass is 10.1. The number of rotatable bonds is 5.